The number of aromatic nitrogens is 5. The van der Waals surface area contributed by atoms with Crippen LogP contribution in [-0.4, -0.2) is 24.1 Å². The van der Waals surface area contributed by atoms with Gasteiger partial charge >= 0.3 is 0 Å². The second-order valence-corrected chi connectivity index (χ2v) is 21.5. The van der Waals surface area contributed by atoms with E-state index < -0.39 is 0 Å². The van der Waals surface area contributed by atoms with E-state index in [0.717, 1.165) is 33.4 Å². The Morgan fingerprint density at radius 2 is 0.710 bits per heavy atom. The second-order valence-electron chi connectivity index (χ2n) is 21.5. The van der Waals surface area contributed by atoms with Crippen LogP contribution in [0.5, 0.6) is 0 Å². The monoisotopic (exact) mass is 811 g/mol. The SMILES string of the molecule is CC1(C)c2cc3c4ccc5c6cc7c(cc6n(-c6nc(-c8ccccc8)nc(-c8ccccc8)n6)c5c4n(-c4ccccc4)c3cc2C(C)(C)C1(C)C)C(C)(C)C(C)(C)C7(C)C. The fourth-order valence-corrected chi connectivity index (χ4v) is 11.6. The summed E-state index contributed by atoms with van der Waals surface area (Å²) in [6.45, 7) is 29.3. The summed E-state index contributed by atoms with van der Waals surface area (Å²) in [5.41, 5.74) is 13.0. The number of para-hydroxylation sites is 1. The molecule has 2 aliphatic carbocycles. The Morgan fingerprint density at radius 1 is 0.355 bits per heavy atom. The molecule has 0 N–H and O–H groups in total. The molecule has 0 unspecified atom stereocenters. The molecule has 0 saturated carbocycles. The summed E-state index contributed by atoms with van der Waals surface area (Å²) in [4.78, 5) is 16.1. The van der Waals surface area contributed by atoms with E-state index in [1.807, 2.05) is 12.1 Å². The molecule has 5 nitrogen and oxygen atoms in total. The molecule has 310 valence electrons. The van der Waals surface area contributed by atoms with Gasteiger partial charge in [-0.2, -0.15) is 9.97 Å². The largest absolute Gasteiger partial charge is 0.307 e. The van der Waals surface area contributed by atoms with Gasteiger partial charge in [0.05, 0.1) is 22.1 Å². The van der Waals surface area contributed by atoms with Crippen molar-refractivity contribution in [2.45, 2.75) is 105 Å². The van der Waals surface area contributed by atoms with Crippen LogP contribution in [0.25, 0.3) is 78.0 Å². The van der Waals surface area contributed by atoms with Crippen molar-refractivity contribution in [3.63, 3.8) is 0 Å². The molecule has 3 aromatic heterocycles. The molecule has 0 amide bonds. The first kappa shape index (κ1) is 38.8. The first-order valence-corrected chi connectivity index (χ1v) is 22.4. The van der Waals surface area contributed by atoms with Gasteiger partial charge in [-0.1, -0.05) is 174 Å². The van der Waals surface area contributed by atoms with Crippen molar-refractivity contribution in [2.75, 3.05) is 0 Å². The van der Waals surface area contributed by atoms with E-state index in [-0.39, 0.29) is 32.5 Å². The van der Waals surface area contributed by atoms with Crippen LogP contribution in [0.4, 0.5) is 0 Å². The highest BCUT2D eigenvalue weighted by Crippen LogP contribution is 2.64. The fraction of sp³-hybridized carbons (Fsp3) is 0.316. The van der Waals surface area contributed by atoms with Crippen LogP contribution in [0.1, 0.15) is 105 Å². The molecule has 0 aliphatic heterocycles. The summed E-state index contributed by atoms with van der Waals surface area (Å²) in [5, 5.41) is 4.88. The van der Waals surface area contributed by atoms with Gasteiger partial charge in [0, 0.05) is 38.4 Å². The molecule has 5 heteroatoms. The molecule has 0 bridgehead atoms. The lowest BCUT2D eigenvalue weighted by Gasteiger charge is -2.44. The molecule has 6 aromatic carbocycles. The molecule has 0 spiro atoms. The number of benzene rings is 6. The van der Waals surface area contributed by atoms with Crippen molar-refractivity contribution in [3.05, 3.63) is 150 Å². The van der Waals surface area contributed by atoms with Gasteiger partial charge in [-0.05, 0) is 91.1 Å². The van der Waals surface area contributed by atoms with E-state index in [1.54, 1.807) is 0 Å². The maximum absolute atomic E-state index is 5.46. The van der Waals surface area contributed by atoms with Crippen molar-refractivity contribution in [1.82, 2.24) is 24.1 Å². The lowest BCUT2D eigenvalue weighted by molar-refractivity contribution is 0.125. The van der Waals surface area contributed by atoms with Crippen LogP contribution < -0.4 is 0 Å². The van der Waals surface area contributed by atoms with E-state index in [1.165, 1.54) is 49.3 Å². The smallest absolute Gasteiger partial charge is 0.238 e. The van der Waals surface area contributed by atoms with E-state index in [2.05, 4.69) is 207 Å². The summed E-state index contributed by atoms with van der Waals surface area (Å²) < 4.78 is 4.91. The summed E-state index contributed by atoms with van der Waals surface area (Å²) in [6, 6.07) is 46.4. The highest BCUT2D eigenvalue weighted by molar-refractivity contribution is 6.24. The molecular weight excluding hydrogens is 755 g/mol. The molecule has 2 aliphatic rings. The van der Waals surface area contributed by atoms with E-state index in [0.29, 0.717) is 17.6 Å². The molecule has 3 heterocycles. The quantitative estimate of drug-likeness (QED) is 0.178. The predicted molar refractivity (Wildman–Crippen MR) is 259 cm³/mol. The minimum absolute atomic E-state index is 0.000581. The summed E-state index contributed by atoms with van der Waals surface area (Å²) >= 11 is 0. The van der Waals surface area contributed by atoms with Gasteiger partial charge in [-0.25, -0.2) is 4.98 Å². The summed E-state index contributed by atoms with van der Waals surface area (Å²) in [5.74, 6) is 1.90. The van der Waals surface area contributed by atoms with Gasteiger partial charge in [-0.15, -0.1) is 0 Å². The van der Waals surface area contributed by atoms with E-state index >= 15 is 0 Å². The standard InChI is InChI=1S/C57H57N5/c1-52(2)41-30-39-37-28-29-38-40-31-42-44(55(7,8)57(11,12)53(42,3)4)33-46(40)62(51-59-49(34-22-16-13-17-23-34)58-50(60-51)35-24-18-14-19-25-35)48(38)47(37)61(36-26-20-15-21-27-36)45(39)32-43(41)54(5,6)56(52,9)10/h13-33H,1-12H3. The minimum Gasteiger partial charge on any atom is -0.307 e. The zero-order valence-corrected chi connectivity index (χ0v) is 38.4. The van der Waals surface area contributed by atoms with Gasteiger partial charge in [0.15, 0.2) is 11.6 Å². The van der Waals surface area contributed by atoms with Crippen LogP contribution >= 0.6 is 0 Å². The Labute approximate surface area is 365 Å². The third kappa shape index (κ3) is 4.72. The van der Waals surface area contributed by atoms with Gasteiger partial charge in [-0.3, -0.25) is 4.57 Å². The highest BCUT2D eigenvalue weighted by atomic mass is 15.2. The number of rotatable bonds is 4. The number of fused-ring (bicyclic) bond motifs is 9. The van der Waals surface area contributed by atoms with Crippen molar-refractivity contribution < 1.29 is 0 Å². The maximum Gasteiger partial charge on any atom is 0.238 e. The van der Waals surface area contributed by atoms with Crippen molar-refractivity contribution in [1.29, 1.82) is 0 Å². The first-order valence-electron chi connectivity index (χ1n) is 22.4. The Morgan fingerprint density at radius 3 is 1.13 bits per heavy atom. The normalized spacial score (nSPS) is 18.8. The Hall–Kier alpha value is -6.07. The Bertz CT molecular complexity index is 3260. The Kier molecular flexibility index (Phi) is 7.71. The molecule has 0 saturated heterocycles. The van der Waals surface area contributed by atoms with Crippen LogP contribution in [0.15, 0.2) is 127 Å². The minimum atomic E-state index is -0.104. The van der Waals surface area contributed by atoms with E-state index in [4.69, 9.17) is 15.0 Å². The lowest BCUT2D eigenvalue weighted by Crippen LogP contribution is -2.42. The number of nitrogens with zero attached hydrogens (tertiary/aromatic N) is 5. The maximum atomic E-state index is 5.46. The van der Waals surface area contributed by atoms with Gasteiger partial charge in [0.1, 0.15) is 0 Å². The highest BCUT2D eigenvalue weighted by Gasteiger charge is 2.58. The van der Waals surface area contributed by atoms with Crippen LogP contribution in [0.2, 0.25) is 0 Å². The molecule has 0 radical (unpaired) electrons. The molecule has 11 rings (SSSR count). The van der Waals surface area contributed by atoms with Crippen molar-refractivity contribution >= 4 is 43.6 Å². The summed E-state index contributed by atoms with van der Waals surface area (Å²) in [6.07, 6.45) is 0. The molecule has 9 aromatic rings. The van der Waals surface area contributed by atoms with Gasteiger partial charge in [0.2, 0.25) is 5.95 Å². The van der Waals surface area contributed by atoms with Crippen LogP contribution in [-0.2, 0) is 21.7 Å². The number of hydrogen-bond acceptors (Lipinski definition) is 3. The molecule has 0 fully saturated rings. The van der Waals surface area contributed by atoms with Crippen LogP contribution in [0, 0.1) is 10.8 Å². The van der Waals surface area contributed by atoms with E-state index in [9.17, 15) is 0 Å². The average Bonchev–Trinajstić information content (AvgIpc) is 3.83. The third-order valence-corrected chi connectivity index (χ3v) is 17.8. The summed E-state index contributed by atoms with van der Waals surface area (Å²) in [7, 11) is 0. The van der Waals surface area contributed by atoms with Crippen molar-refractivity contribution in [3.8, 4) is 34.4 Å². The molecule has 0 atom stereocenters. The second kappa shape index (κ2) is 12.3. The average molecular weight is 812 g/mol. The van der Waals surface area contributed by atoms with Gasteiger partial charge < -0.3 is 4.57 Å². The van der Waals surface area contributed by atoms with Gasteiger partial charge in [0.25, 0.3) is 0 Å². The Balaban J connectivity index is 1.36. The first-order chi connectivity index (χ1) is 29.3. The third-order valence-electron chi connectivity index (χ3n) is 17.8. The molecule has 62 heavy (non-hydrogen) atoms. The number of hydrogen-bond donors (Lipinski definition) is 0. The lowest BCUT2D eigenvalue weighted by atomic mass is 9.59. The van der Waals surface area contributed by atoms with Crippen molar-refractivity contribution in [2.24, 2.45) is 10.8 Å². The van der Waals surface area contributed by atoms with Crippen LogP contribution in [0.3, 0.4) is 0 Å². The zero-order chi connectivity index (χ0) is 43.5. The topological polar surface area (TPSA) is 48.5 Å². The zero-order valence-electron chi connectivity index (χ0n) is 38.4. The predicted octanol–water partition coefficient (Wildman–Crippen LogP) is 14.6. The molecular formula is C57H57N5. The fourth-order valence-electron chi connectivity index (χ4n) is 11.6.